The Morgan fingerprint density at radius 3 is 2.33 bits per heavy atom. The van der Waals surface area contributed by atoms with Gasteiger partial charge in [0.15, 0.2) is 0 Å². The van der Waals surface area contributed by atoms with Crippen LogP contribution in [0.5, 0.6) is 0 Å². The van der Waals surface area contributed by atoms with E-state index in [1.165, 1.54) is 50.0 Å². The predicted octanol–water partition coefficient (Wildman–Crippen LogP) is 5.89. The van der Waals surface area contributed by atoms with Crippen LogP contribution in [0.2, 0.25) is 0 Å². The van der Waals surface area contributed by atoms with Crippen molar-refractivity contribution in [3.63, 3.8) is 0 Å². The highest BCUT2D eigenvalue weighted by molar-refractivity contribution is 8.17. The van der Waals surface area contributed by atoms with Crippen molar-refractivity contribution in [1.29, 1.82) is 0 Å². The average Bonchev–Trinajstić information content (AvgIpc) is 2.85. The fourth-order valence-corrected chi connectivity index (χ4v) is 7.70. The molecule has 0 unspecified atom stereocenters. The lowest BCUT2D eigenvalue weighted by Crippen LogP contribution is -2.51. The van der Waals surface area contributed by atoms with Gasteiger partial charge in [-0.25, -0.2) is 4.79 Å². The van der Waals surface area contributed by atoms with Crippen molar-refractivity contribution in [2.24, 2.45) is 5.92 Å². The fraction of sp³-hybridized carbons (Fsp3) is 0.952. The molecule has 0 spiro atoms. The van der Waals surface area contributed by atoms with Crippen molar-refractivity contribution in [2.75, 3.05) is 11.5 Å². The van der Waals surface area contributed by atoms with E-state index in [1.807, 2.05) is 63.0 Å². The molecule has 2 atom stereocenters. The third-order valence-corrected chi connectivity index (χ3v) is 8.79. The molecule has 2 aliphatic heterocycles. The minimum absolute atomic E-state index is 0.0877. The third kappa shape index (κ3) is 5.51. The normalized spacial score (nSPS) is 30.5. The fourth-order valence-electron chi connectivity index (χ4n) is 4.62. The molecule has 1 saturated carbocycles. The van der Waals surface area contributed by atoms with Crippen LogP contribution in [0.1, 0.15) is 79.6 Å². The Bertz CT molecular complexity index is 508. The summed E-state index contributed by atoms with van der Waals surface area (Å²) in [5, 5.41) is 0. The van der Waals surface area contributed by atoms with Gasteiger partial charge in [-0.3, -0.25) is 4.90 Å². The number of rotatable bonds is 3. The monoisotopic (exact) mass is 415 g/mol. The Kier molecular flexibility index (Phi) is 7.01. The van der Waals surface area contributed by atoms with Crippen molar-refractivity contribution >= 4 is 29.6 Å². The van der Waals surface area contributed by atoms with Crippen molar-refractivity contribution in [2.45, 2.75) is 108 Å². The van der Waals surface area contributed by atoms with Gasteiger partial charge in [-0.1, -0.05) is 32.1 Å². The number of nitrogens with zero attached hydrogens (tertiary/aromatic N) is 1. The number of carbonyl (C=O) groups excluding carboxylic acids is 1. The van der Waals surface area contributed by atoms with Crippen LogP contribution >= 0.6 is 23.5 Å². The van der Waals surface area contributed by atoms with Gasteiger partial charge in [-0.15, -0.1) is 23.5 Å². The van der Waals surface area contributed by atoms with E-state index in [1.54, 1.807) is 0 Å². The Morgan fingerprint density at radius 2 is 1.74 bits per heavy atom. The molecule has 1 aliphatic carbocycles. The molecule has 3 aliphatic rings. The van der Waals surface area contributed by atoms with Crippen molar-refractivity contribution < 1.29 is 14.3 Å². The molecule has 0 aromatic carbocycles. The van der Waals surface area contributed by atoms with Gasteiger partial charge in [0.1, 0.15) is 17.4 Å². The number of thioether (sulfide) groups is 2. The highest BCUT2D eigenvalue weighted by Crippen LogP contribution is 2.46. The number of ether oxygens (including phenoxy) is 2. The maximum absolute atomic E-state index is 13.2. The average molecular weight is 416 g/mol. The quantitative estimate of drug-likeness (QED) is 0.574. The molecule has 156 valence electrons. The number of hydrogen-bond donors (Lipinski definition) is 0. The van der Waals surface area contributed by atoms with Gasteiger partial charge in [0.25, 0.3) is 0 Å². The van der Waals surface area contributed by atoms with E-state index in [0.29, 0.717) is 10.5 Å². The minimum Gasteiger partial charge on any atom is -0.444 e. The molecule has 0 aromatic heterocycles. The van der Waals surface area contributed by atoms with Crippen molar-refractivity contribution in [3.8, 4) is 0 Å². The highest BCUT2D eigenvalue weighted by Gasteiger charge is 2.54. The van der Waals surface area contributed by atoms with E-state index in [9.17, 15) is 4.79 Å². The second-order valence-electron chi connectivity index (χ2n) is 9.65. The summed E-state index contributed by atoms with van der Waals surface area (Å²) in [7, 11) is 0. The van der Waals surface area contributed by atoms with E-state index in [4.69, 9.17) is 9.47 Å². The van der Waals surface area contributed by atoms with Crippen LogP contribution in [0.25, 0.3) is 0 Å². The third-order valence-electron chi connectivity index (χ3n) is 5.73. The molecule has 4 nitrogen and oxygen atoms in total. The van der Waals surface area contributed by atoms with Gasteiger partial charge in [0.05, 0.1) is 10.6 Å². The molecular formula is C21H37NO3S2. The molecular weight excluding hydrogens is 378 g/mol. The number of amides is 1. The first kappa shape index (κ1) is 21.6. The van der Waals surface area contributed by atoms with Crippen LogP contribution in [0.3, 0.4) is 0 Å². The highest BCUT2D eigenvalue weighted by atomic mass is 32.2. The van der Waals surface area contributed by atoms with Crippen LogP contribution in [-0.4, -0.2) is 50.6 Å². The first-order chi connectivity index (χ1) is 12.7. The second-order valence-corrected chi connectivity index (χ2v) is 12.4. The van der Waals surface area contributed by atoms with Gasteiger partial charge >= 0.3 is 6.09 Å². The zero-order valence-electron chi connectivity index (χ0n) is 17.7. The molecule has 6 heteroatoms. The molecule has 3 fully saturated rings. The lowest BCUT2D eigenvalue weighted by Gasteiger charge is -2.37. The van der Waals surface area contributed by atoms with Crippen LogP contribution in [-0.2, 0) is 9.47 Å². The Labute approximate surface area is 173 Å². The summed E-state index contributed by atoms with van der Waals surface area (Å²) < 4.78 is 12.8. The molecule has 0 aromatic rings. The molecule has 0 bridgehead atoms. The Hall–Kier alpha value is -0.0700. The molecule has 0 N–H and O–H groups in total. The van der Waals surface area contributed by atoms with E-state index < -0.39 is 11.3 Å². The molecule has 27 heavy (non-hydrogen) atoms. The van der Waals surface area contributed by atoms with Crippen LogP contribution in [0.15, 0.2) is 0 Å². The van der Waals surface area contributed by atoms with Crippen molar-refractivity contribution in [3.05, 3.63) is 0 Å². The number of carbonyl (C=O) groups is 1. The van der Waals surface area contributed by atoms with Gasteiger partial charge in [0.2, 0.25) is 0 Å². The zero-order valence-corrected chi connectivity index (χ0v) is 19.3. The summed E-state index contributed by atoms with van der Waals surface area (Å²) >= 11 is 4.03. The Balaban J connectivity index is 1.83. The van der Waals surface area contributed by atoms with E-state index >= 15 is 0 Å². The number of hydrogen-bond acceptors (Lipinski definition) is 5. The van der Waals surface area contributed by atoms with Crippen LogP contribution in [0, 0.1) is 5.92 Å². The molecule has 2 heterocycles. The van der Waals surface area contributed by atoms with Gasteiger partial charge < -0.3 is 9.47 Å². The van der Waals surface area contributed by atoms with E-state index in [-0.39, 0.29) is 18.2 Å². The standard InChI is InChI=1S/C21H37NO3S2/c1-20(2,3)25-19(23)22-16(14-15-10-7-6-8-11-15)17(24-21(22,4)5)18-26-12-9-13-27-18/h15-18H,6-14H2,1-5H3/t16-,17-/m0/s1. The van der Waals surface area contributed by atoms with Crippen molar-refractivity contribution in [1.82, 2.24) is 4.90 Å². The molecule has 3 rings (SSSR count). The molecule has 0 radical (unpaired) electrons. The molecule has 2 saturated heterocycles. The summed E-state index contributed by atoms with van der Waals surface area (Å²) in [6.45, 7) is 9.88. The Morgan fingerprint density at radius 1 is 1.11 bits per heavy atom. The van der Waals surface area contributed by atoms with Crippen LogP contribution < -0.4 is 0 Å². The maximum atomic E-state index is 13.2. The lowest BCUT2D eigenvalue weighted by molar-refractivity contribution is -0.0762. The summed E-state index contributed by atoms with van der Waals surface area (Å²) in [4.78, 5) is 15.1. The van der Waals surface area contributed by atoms with Gasteiger partial charge in [-0.2, -0.15) is 0 Å². The predicted molar refractivity (Wildman–Crippen MR) is 115 cm³/mol. The SMILES string of the molecule is CC(C)(C)OC(=O)N1[C@@H](CC2CCCCC2)[C@@H](C2SCCCS2)OC1(C)C. The summed E-state index contributed by atoms with van der Waals surface area (Å²) in [6, 6.07) is 0.112. The summed E-state index contributed by atoms with van der Waals surface area (Å²) in [5.74, 6) is 3.09. The van der Waals surface area contributed by atoms with Gasteiger partial charge in [-0.05, 0) is 64.9 Å². The minimum atomic E-state index is -0.620. The first-order valence-electron chi connectivity index (χ1n) is 10.6. The maximum Gasteiger partial charge on any atom is 0.412 e. The lowest BCUT2D eigenvalue weighted by atomic mass is 9.83. The molecule has 1 amide bonds. The van der Waals surface area contributed by atoms with Crippen LogP contribution in [0.4, 0.5) is 4.79 Å². The smallest absolute Gasteiger partial charge is 0.412 e. The van der Waals surface area contributed by atoms with Gasteiger partial charge in [0, 0.05) is 0 Å². The van der Waals surface area contributed by atoms with E-state index in [0.717, 1.165) is 6.42 Å². The zero-order chi connectivity index (χ0) is 19.7. The summed E-state index contributed by atoms with van der Waals surface area (Å²) in [6.07, 6.45) is 8.77. The summed E-state index contributed by atoms with van der Waals surface area (Å²) in [5.41, 5.74) is -1.11. The topological polar surface area (TPSA) is 38.8 Å². The largest absolute Gasteiger partial charge is 0.444 e. The first-order valence-corrected chi connectivity index (χ1v) is 12.7. The second kappa shape index (κ2) is 8.74. The van der Waals surface area contributed by atoms with E-state index in [2.05, 4.69) is 0 Å².